The lowest BCUT2D eigenvalue weighted by atomic mass is 10.0. The number of rotatable bonds is 5. The van der Waals surface area contributed by atoms with Gasteiger partial charge in [-0.1, -0.05) is 36.4 Å². The van der Waals surface area contributed by atoms with Crippen molar-refractivity contribution in [3.8, 4) is 11.1 Å². The number of methoxy groups -OCH3 is 1. The number of carbonyl (C=O) groups is 1. The fourth-order valence-electron chi connectivity index (χ4n) is 1.99. The van der Waals surface area contributed by atoms with E-state index in [1.165, 1.54) is 13.2 Å². The SMILES string of the molecule is CNc1cccc(-c2ccc(/C=C(\OC)C(=O)O)cc2)c1. The Bertz CT molecular complexity index is 660. The van der Waals surface area contributed by atoms with E-state index in [9.17, 15) is 4.79 Å². The maximum atomic E-state index is 10.9. The highest BCUT2D eigenvalue weighted by atomic mass is 16.5. The van der Waals surface area contributed by atoms with Crippen molar-refractivity contribution in [2.24, 2.45) is 0 Å². The van der Waals surface area contributed by atoms with E-state index in [0.717, 1.165) is 22.4 Å². The lowest BCUT2D eigenvalue weighted by molar-refractivity contribution is -0.135. The first-order valence-corrected chi connectivity index (χ1v) is 6.51. The van der Waals surface area contributed by atoms with Gasteiger partial charge in [-0.2, -0.15) is 0 Å². The third-order valence-corrected chi connectivity index (χ3v) is 3.12. The Hall–Kier alpha value is -2.75. The van der Waals surface area contributed by atoms with Crippen LogP contribution in [0.15, 0.2) is 54.3 Å². The predicted molar refractivity (Wildman–Crippen MR) is 84.0 cm³/mol. The van der Waals surface area contributed by atoms with Crippen LogP contribution in [0.2, 0.25) is 0 Å². The molecule has 0 unspecified atom stereocenters. The number of ether oxygens (including phenoxy) is 1. The van der Waals surface area contributed by atoms with Gasteiger partial charge < -0.3 is 15.2 Å². The number of anilines is 1. The Morgan fingerprint density at radius 3 is 2.43 bits per heavy atom. The van der Waals surface area contributed by atoms with E-state index in [1.807, 2.05) is 49.5 Å². The van der Waals surface area contributed by atoms with Crippen LogP contribution in [0.25, 0.3) is 17.2 Å². The molecule has 2 aromatic rings. The van der Waals surface area contributed by atoms with Gasteiger partial charge in [0.1, 0.15) is 0 Å². The number of aliphatic carboxylic acids is 1. The number of benzene rings is 2. The van der Waals surface area contributed by atoms with Gasteiger partial charge in [-0.15, -0.1) is 0 Å². The quantitative estimate of drug-likeness (QED) is 0.651. The van der Waals surface area contributed by atoms with E-state index in [0.29, 0.717) is 0 Å². The Balaban J connectivity index is 2.28. The zero-order valence-electron chi connectivity index (χ0n) is 12.0. The average molecular weight is 283 g/mol. The van der Waals surface area contributed by atoms with Gasteiger partial charge in [0.15, 0.2) is 0 Å². The molecule has 21 heavy (non-hydrogen) atoms. The summed E-state index contributed by atoms with van der Waals surface area (Å²) >= 11 is 0. The summed E-state index contributed by atoms with van der Waals surface area (Å²) in [6.07, 6.45) is 1.50. The normalized spacial score (nSPS) is 11.0. The molecule has 2 rings (SSSR count). The molecule has 0 spiro atoms. The molecule has 0 saturated heterocycles. The van der Waals surface area contributed by atoms with Crippen molar-refractivity contribution in [3.63, 3.8) is 0 Å². The van der Waals surface area contributed by atoms with Crippen LogP contribution in [-0.2, 0) is 9.53 Å². The number of nitrogens with one attached hydrogen (secondary N) is 1. The minimum absolute atomic E-state index is 0.0834. The molecule has 4 heteroatoms. The fourth-order valence-corrected chi connectivity index (χ4v) is 1.99. The van der Waals surface area contributed by atoms with Crippen molar-refractivity contribution in [1.29, 1.82) is 0 Å². The first-order chi connectivity index (χ1) is 10.1. The molecule has 108 valence electrons. The third-order valence-electron chi connectivity index (χ3n) is 3.12. The molecule has 0 aromatic heterocycles. The van der Waals surface area contributed by atoms with E-state index in [4.69, 9.17) is 9.84 Å². The number of hydrogen-bond acceptors (Lipinski definition) is 3. The first-order valence-electron chi connectivity index (χ1n) is 6.51. The highest BCUT2D eigenvalue weighted by molar-refractivity contribution is 5.89. The van der Waals surface area contributed by atoms with Crippen LogP contribution in [0.4, 0.5) is 5.69 Å². The Kier molecular flexibility index (Phi) is 4.61. The van der Waals surface area contributed by atoms with Crippen LogP contribution in [0.5, 0.6) is 0 Å². The average Bonchev–Trinajstić information content (AvgIpc) is 2.53. The van der Waals surface area contributed by atoms with Crippen molar-refractivity contribution in [3.05, 3.63) is 59.9 Å². The van der Waals surface area contributed by atoms with Crippen LogP contribution in [0.1, 0.15) is 5.56 Å². The number of carboxylic acid groups (broad SMARTS) is 1. The summed E-state index contributed by atoms with van der Waals surface area (Å²) in [6.45, 7) is 0. The number of carboxylic acids is 1. The summed E-state index contributed by atoms with van der Waals surface area (Å²) in [5.41, 5.74) is 3.99. The lowest BCUT2D eigenvalue weighted by Crippen LogP contribution is -2.01. The van der Waals surface area contributed by atoms with Gasteiger partial charge >= 0.3 is 5.97 Å². The molecule has 0 aliphatic rings. The van der Waals surface area contributed by atoms with Gasteiger partial charge in [-0.05, 0) is 34.9 Å². The number of hydrogen-bond donors (Lipinski definition) is 2. The van der Waals surface area contributed by atoms with Gasteiger partial charge in [-0.3, -0.25) is 0 Å². The second kappa shape index (κ2) is 6.61. The van der Waals surface area contributed by atoms with Crippen LogP contribution < -0.4 is 5.32 Å². The van der Waals surface area contributed by atoms with Crippen LogP contribution >= 0.6 is 0 Å². The maximum absolute atomic E-state index is 10.9. The summed E-state index contributed by atoms with van der Waals surface area (Å²) in [6, 6.07) is 15.7. The van der Waals surface area contributed by atoms with Crippen LogP contribution in [-0.4, -0.2) is 25.2 Å². The molecule has 0 saturated carbocycles. The molecular weight excluding hydrogens is 266 g/mol. The molecule has 0 heterocycles. The molecule has 0 amide bonds. The van der Waals surface area contributed by atoms with Crippen molar-refractivity contribution >= 4 is 17.7 Å². The Morgan fingerprint density at radius 2 is 1.86 bits per heavy atom. The van der Waals surface area contributed by atoms with E-state index < -0.39 is 5.97 Å². The molecular formula is C17H17NO3. The summed E-state index contributed by atoms with van der Waals surface area (Å²) in [4.78, 5) is 10.9. The lowest BCUT2D eigenvalue weighted by Gasteiger charge is -2.06. The van der Waals surface area contributed by atoms with Gasteiger partial charge in [0.05, 0.1) is 7.11 Å². The van der Waals surface area contributed by atoms with E-state index in [1.54, 1.807) is 0 Å². The molecule has 0 aliphatic carbocycles. The molecule has 2 aromatic carbocycles. The minimum Gasteiger partial charge on any atom is -0.490 e. The van der Waals surface area contributed by atoms with Crippen molar-refractivity contribution in [2.75, 3.05) is 19.5 Å². The summed E-state index contributed by atoms with van der Waals surface area (Å²) < 4.78 is 4.81. The monoisotopic (exact) mass is 283 g/mol. The van der Waals surface area contributed by atoms with E-state index >= 15 is 0 Å². The highest BCUT2D eigenvalue weighted by Crippen LogP contribution is 2.23. The van der Waals surface area contributed by atoms with E-state index in [2.05, 4.69) is 11.4 Å². The van der Waals surface area contributed by atoms with Crippen LogP contribution in [0.3, 0.4) is 0 Å². The largest absolute Gasteiger partial charge is 0.490 e. The van der Waals surface area contributed by atoms with Crippen molar-refractivity contribution < 1.29 is 14.6 Å². The van der Waals surface area contributed by atoms with Gasteiger partial charge in [0.2, 0.25) is 5.76 Å². The smallest absolute Gasteiger partial charge is 0.371 e. The van der Waals surface area contributed by atoms with Gasteiger partial charge in [0.25, 0.3) is 0 Å². The molecule has 2 N–H and O–H groups in total. The Morgan fingerprint density at radius 1 is 1.14 bits per heavy atom. The summed E-state index contributed by atoms with van der Waals surface area (Å²) in [5, 5.41) is 12.0. The summed E-state index contributed by atoms with van der Waals surface area (Å²) in [7, 11) is 3.22. The molecule has 0 atom stereocenters. The zero-order chi connectivity index (χ0) is 15.2. The van der Waals surface area contributed by atoms with Crippen molar-refractivity contribution in [2.45, 2.75) is 0 Å². The van der Waals surface area contributed by atoms with Gasteiger partial charge in [-0.25, -0.2) is 4.79 Å². The Labute approximate surface area is 123 Å². The maximum Gasteiger partial charge on any atom is 0.371 e. The molecule has 0 bridgehead atoms. The third kappa shape index (κ3) is 3.63. The molecule has 0 fully saturated rings. The molecule has 0 aliphatic heterocycles. The predicted octanol–water partition coefficient (Wildman–Crippen LogP) is 3.47. The fraction of sp³-hybridized carbons (Fsp3) is 0.118. The van der Waals surface area contributed by atoms with Crippen molar-refractivity contribution in [1.82, 2.24) is 0 Å². The van der Waals surface area contributed by atoms with E-state index in [-0.39, 0.29) is 5.76 Å². The highest BCUT2D eigenvalue weighted by Gasteiger charge is 2.06. The van der Waals surface area contributed by atoms with Gasteiger partial charge in [0, 0.05) is 12.7 Å². The van der Waals surface area contributed by atoms with Crippen LogP contribution in [0, 0.1) is 0 Å². The second-order valence-electron chi connectivity index (χ2n) is 4.47. The topological polar surface area (TPSA) is 58.6 Å². The summed E-state index contributed by atoms with van der Waals surface area (Å²) in [5.74, 6) is -1.16. The second-order valence-corrected chi connectivity index (χ2v) is 4.47. The minimum atomic E-state index is -1.08. The molecule has 4 nitrogen and oxygen atoms in total. The zero-order valence-corrected chi connectivity index (χ0v) is 12.0. The molecule has 0 radical (unpaired) electrons. The standard InChI is InChI=1S/C17H17NO3/c1-18-15-5-3-4-14(11-15)13-8-6-12(7-9-13)10-16(21-2)17(19)20/h3-11,18H,1-2H3,(H,19,20)/b16-10-. The first kappa shape index (κ1) is 14.7.